The van der Waals surface area contributed by atoms with Gasteiger partial charge in [-0.05, 0) is 41.2 Å². The van der Waals surface area contributed by atoms with E-state index in [0.29, 0.717) is 25.9 Å². The molecule has 0 radical (unpaired) electrons. The van der Waals surface area contributed by atoms with Crippen molar-refractivity contribution < 1.29 is 19.2 Å². The summed E-state index contributed by atoms with van der Waals surface area (Å²) in [6.07, 6.45) is 3.61. The van der Waals surface area contributed by atoms with Crippen LogP contribution in [0, 0.1) is 0 Å². The van der Waals surface area contributed by atoms with Crippen LogP contribution in [0.5, 0.6) is 0 Å². The molecule has 1 aromatic heterocycles. The van der Waals surface area contributed by atoms with E-state index in [-0.39, 0.29) is 31.1 Å². The Hall–Kier alpha value is -4.96. The summed E-state index contributed by atoms with van der Waals surface area (Å²) in [6, 6.07) is 21.1. The molecular formula is C35H38N6O4. The van der Waals surface area contributed by atoms with E-state index in [0.717, 1.165) is 33.2 Å². The fraction of sp³-hybridized carbons (Fsp3) is 0.314. The minimum Gasteiger partial charge on any atom is -0.361 e. The lowest BCUT2D eigenvalue weighted by Gasteiger charge is -2.32. The molecule has 10 heteroatoms. The lowest BCUT2D eigenvalue weighted by molar-refractivity contribution is -0.143. The Morgan fingerprint density at radius 3 is 2.02 bits per heavy atom. The van der Waals surface area contributed by atoms with E-state index < -0.39 is 36.0 Å². The first-order valence-electron chi connectivity index (χ1n) is 15.5. The first-order chi connectivity index (χ1) is 21.9. The molecule has 3 heterocycles. The van der Waals surface area contributed by atoms with Gasteiger partial charge in [0, 0.05) is 49.5 Å². The Kier molecular flexibility index (Phi) is 8.93. The van der Waals surface area contributed by atoms with E-state index >= 15 is 0 Å². The Balaban J connectivity index is 1.35. The SMILES string of the molecule is NCc1ccc(C[C@@H]2NC(=O)[C@H]3CCCN3C(=O)[C@H](Cc3ccccc3)NC(=O)[C@@H](Cc3c[nH]c4ccccc34)NC2=O)cc1. The fourth-order valence-corrected chi connectivity index (χ4v) is 6.35. The van der Waals surface area contributed by atoms with Crippen LogP contribution in [0.3, 0.4) is 0 Å². The third kappa shape index (κ3) is 6.76. The molecule has 6 N–H and O–H groups in total. The summed E-state index contributed by atoms with van der Waals surface area (Å²) in [7, 11) is 0. The van der Waals surface area contributed by atoms with Crippen LogP contribution in [0.2, 0.25) is 0 Å². The summed E-state index contributed by atoms with van der Waals surface area (Å²) in [4.78, 5) is 60.6. The molecule has 45 heavy (non-hydrogen) atoms. The predicted molar refractivity (Wildman–Crippen MR) is 171 cm³/mol. The maximum Gasteiger partial charge on any atom is 0.246 e. The van der Waals surface area contributed by atoms with Crippen molar-refractivity contribution in [3.63, 3.8) is 0 Å². The van der Waals surface area contributed by atoms with Gasteiger partial charge < -0.3 is 31.6 Å². The molecule has 2 aliphatic rings. The maximum atomic E-state index is 14.1. The van der Waals surface area contributed by atoms with Gasteiger partial charge in [-0.1, -0.05) is 72.8 Å². The van der Waals surface area contributed by atoms with Crippen molar-refractivity contribution in [1.29, 1.82) is 0 Å². The zero-order valence-electron chi connectivity index (χ0n) is 25.0. The smallest absolute Gasteiger partial charge is 0.246 e. The number of hydrogen-bond acceptors (Lipinski definition) is 5. The van der Waals surface area contributed by atoms with Crippen LogP contribution in [0.4, 0.5) is 0 Å². The first kappa shape index (κ1) is 30.1. The number of para-hydroxylation sites is 1. The minimum atomic E-state index is -1.00. The molecule has 10 nitrogen and oxygen atoms in total. The van der Waals surface area contributed by atoms with Gasteiger partial charge in [0.25, 0.3) is 0 Å². The van der Waals surface area contributed by atoms with Crippen molar-refractivity contribution >= 4 is 34.5 Å². The van der Waals surface area contributed by atoms with Crippen LogP contribution in [-0.4, -0.2) is 64.2 Å². The van der Waals surface area contributed by atoms with Crippen LogP contribution >= 0.6 is 0 Å². The second-order valence-electron chi connectivity index (χ2n) is 11.9. The van der Waals surface area contributed by atoms with E-state index in [1.807, 2.05) is 85.1 Å². The summed E-state index contributed by atoms with van der Waals surface area (Å²) in [6.45, 7) is 0.788. The van der Waals surface area contributed by atoms with E-state index in [2.05, 4.69) is 20.9 Å². The molecule has 0 aliphatic carbocycles. The number of carbonyl (C=O) groups is 4. The second-order valence-corrected chi connectivity index (χ2v) is 11.9. The number of nitrogens with two attached hydrogens (primary N) is 1. The number of amides is 4. The average molecular weight is 607 g/mol. The van der Waals surface area contributed by atoms with Crippen LogP contribution in [-0.2, 0) is 45.0 Å². The van der Waals surface area contributed by atoms with Gasteiger partial charge in [0.2, 0.25) is 23.6 Å². The number of aromatic amines is 1. The molecule has 232 valence electrons. The number of rotatable bonds is 7. The normalized spacial score (nSPS) is 22.6. The standard InChI is InChI=1S/C35H38N6O4/c36-20-24-14-12-23(13-15-24)17-28-32(42)38-29(19-25-21-37-27-10-5-4-9-26(25)27)33(43)40-30(18-22-7-2-1-3-8-22)35(45)41-16-6-11-31(41)34(44)39-28/h1-5,7-10,12-15,21,28-31,37H,6,11,16-20,36H2,(H,38,42)(H,39,44)(H,40,43)/t28-,29+,30-,31+/m0/s1. The molecule has 3 aromatic carbocycles. The molecule has 0 unspecified atom stereocenters. The lowest BCUT2D eigenvalue weighted by atomic mass is 9.99. The monoisotopic (exact) mass is 606 g/mol. The highest BCUT2D eigenvalue weighted by Gasteiger charge is 2.40. The highest BCUT2D eigenvalue weighted by atomic mass is 16.2. The molecule has 4 amide bonds. The van der Waals surface area contributed by atoms with E-state index in [1.54, 1.807) is 4.90 Å². The van der Waals surface area contributed by atoms with Crippen LogP contribution in [0.1, 0.15) is 35.1 Å². The number of H-pyrrole nitrogens is 1. The predicted octanol–water partition coefficient (Wildman–Crippen LogP) is 2.11. The number of carbonyl (C=O) groups excluding carboxylic acids is 4. The van der Waals surface area contributed by atoms with Crippen LogP contribution in [0.15, 0.2) is 85.1 Å². The van der Waals surface area contributed by atoms with Crippen molar-refractivity contribution in [2.45, 2.75) is 62.8 Å². The summed E-state index contributed by atoms with van der Waals surface area (Å²) in [5.41, 5.74) is 10.2. The van der Waals surface area contributed by atoms with Gasteiger partial charge in [-0.3, -0.25) is 19.2 Å². The highest BCUT2D eigenvalue weighted by molar-refractivity contribution is 5.98. The number of fused-ring (bicyclic) bond motifs is 2. The molecule has 0 saturated carbocycles. The van der Waals surface area contributed by atoms with Crippen molar-refractivity contribution in [2.24, 2.45) is 5.73 Å². The molecule has 2 saturated heterocycles. The summed E-state index contributed by atoms with van der Waals surface area (Å²) >= 11 is 0. The lowest BCUT2D eigenvalue weighted by Crippen LogP contribution is -2.62. The Bertz CT molecular complexity index is 1690. The first-order valence-corrected chi connectivity index (χ1v) is 15.5. The van der Waals surface area contributed by atoms with Crippen molar-refractivity contribution in [3.05, 3.63) is 107 Å². The van der Waals surface area contributed by atoms with E-state index in [9.17, 15) is 19.2 Å². The summed E-state index contributed by atoms with van der Waals surface area (Å²) in [5, 5.41) is 9.78. The third-order valence-electron chi connectivity index (χ3n) is 8.80. The van der Waals surface area contributed by atoms with Crippen molar-refractivity contribution in [2.75, 3.05) is 6.54 Å². The molecule has 4 atom stereocenters. The fourth-order valence-electron chi connectivity index (χ4n) is 6.35. The molecule has 2 aliphatic heterocycles. The van der Waals surface area contributed by atoms with E-state index in [1.165, 1.54) is 0 Å². The largest absolute Gasteiger partial charge is 0.361 e. The zero-order chi connectivity index (χ0) is 31.3. The van der Waals surface area contributed by atoms with Gasteiger partial charge in [-0.25, -0.2) is 0 Å². The zero-order valence-corrected chi connectivity index (χ0v) is 25.0. The van der Waals surface area contributed by atoms with Gasteiger partial charge >= 0.3 is 0 Å². The number of aromatic nitrogens is 1. The van der Waals surface area contributed by atoms with Crippen molar-refractivity contribution in [3.8, 4) is 0 Å². The Morgan fingerprint density at radius 2 is 1.27 bits per heavy atom. The van der Waals surface area contributed by atoms with Gasteiger partial charge in [-0.15, -0.1) is 0 Å². The Labute approximate surface area is 261 Å². The summed E-state index contributed by atoms with van der Waals surface area (Å²) in [5.74, 6) is -1.62. The second kappa shape index (κ2) is 13.4. The quantitative estimate of drug-likeness (QED) is 0.219. The molecular weight excluding hydrogens is 568 g/mol. The van der Waals surface area contributed by atoms with Gasteiger partial charge in [-0.2, -0.15) is 0 Å². The number of nitrogens with one attached hydrogen (secondary N) is 4. The highest BCUT2D eigenvalue weighted by Crippen LogP contribution is 2.22. The topological polar surface area (TPSA) is 149 Å². The molecule has 0 bridgehead atoms. The van der Waals surface area contributed by atoms with E-state index in [4.69, 9.17) is 5.73 Å². The van der Waals surface area contributed by atoms with Gasteiger partial charge in [0.05, 0.1) is 0 Å². The van der Waals surface area contributed by atoms with Crippen LogP contribution in [0.25, 0.3) is 10.9 Å². The van der Waals surface area contributed by atoms with Gasteiger partial charge in [0.1, 0.15) is 24.2 Å². The van der Waals surface area contributed by atoms with Gasteiger partial charge in [0.15, 0.2) is 0 Å². The molecule has 4 aromatic rings. The molecule has 2 fully saturated rings. The number of benzene rings is 3. The third-order valence-corrected chi connectivity index (χ3v) is 8.80. The average Bonchev–Trinajstić information content (AvgIpc) is 3.72. The molecule has 0 spiro atoms. The molecule has 6 rings (SSSR count). The summed E-state index contributed by atoms with van der Waals surface area (Å²) < 4.78 is 0. The maximum absolute atomic E-state index is 14.1. The number of hydrogen-bond donors (Lipinski definition) is 5. The number of nitrogens with zero attached hydrogens (tertiary/aromatic N) is 1. The Morgan fingerprint density at radius 1 is 0.667 bits per heavy atom. The minimum absolute atomic E-state index is 0.187. The van der Waals surface area contributed by atoms with Crippen molar-refractivity contribution in [1.82, 2.24) is 25.8 Å². The van der Waals surface area contributed by atoms with Crippen LogP contribution < -0.4 is 21.7 Å².